The maximum absolute atomic E-state index is 13.7. The Morgan fingerprint density at radius 2 is 1.81 bits per heavy atom. The molecule has 0 saturated heterocycles. The van der Waals surface area contributed by atoms with Crippen LogP contribution in [0, 0.1) is 12.3 Å². The number of ether oxygens (including phenoxy) is 2. The molecule has 1 aromatic rings. The number of thiol groups is 1. The molecule has 1 aromatic carbocycles. The zero-order valence-corrected chi connectivity index (χ0v) is 22.7. The standard InChI is InChI=1S/C26H37N3O6S/c1-8-18-12-10-11-13-19(18)22(23(31)27-15-14-21(30)34-9-2)29(17(3)4)24(32)20(16-36)28-25(33)35-26(5,6)7/h1,10-13,17,20,22,36H,9,14-16H2,2-7H3,(H,27,31)(H,28,33). The molecule has 36 heavy (non-hydrogen) atoms. The van der Waals surface area contributed by atoms with Crippen LogP contribution in [0.4, 0.5) is 4.79 Å². The Hall–Kier alpha value is -3.19. The minimum Gasteiger partial charge on any atom is -0.466 e. The van der Waals surface area contributed by atoms with Crippen molar-refractivity contribution < 1.29 is 28.7 Å². The number of alkyl carbamates (subject to hydrolysis) is 1. The van der Waals surface area contributed by atoms with Crippen molar-refractivity contribution in [2.75, 3.05) is 18.9 Å². The third-order valence-corrected chi connectivity index (χ3v) is 5.22. The molecule has 0 aliphatic rings. The minimum atomic E-state index is -1.13. The van der Waals surface area contributed by atoms with Gasteiger partial charge in [-0.05, 0) is 53.2 Å². The van der Waals surface area contributed by atoms with E-state index in [2.05, 4.69) is 29.2 Å². The Morgan fingerprint density at radius 3 is 2.33 bits per heavy atom. The normalized spacial score (nSPS) is 12.6. The molecule has 2 unspecified atom stereocenters. The van der Waals surface area contributed by atoms with E-state index in [-0.39, 0.29) is 25.3 Å². The van der Waals surface area contributed by atoms with Crippen molar-refractivity contribution in [1.82, 2.24) is 15.5 Å². The van der Waals surface area contributed by atoms with Crippen LogP contribution >= 0.6 is 12.6 Å². The molecule has 0 radical (unpaired) electrons. The molecule has 0 heterocycles. The second kappa shape index (κ2) is 14.4. The molecule has 3 amide bonds. The Bertz CT molecular complexity index is 967. The van der Waals surface area contributed by atoms with Gasteiger partial charge in [0.05, 0.1) is 13.0 Å². The van der Waals surface area contributed by atoms with E-state index in [0.29, 0.717) is 11.1 Å². The first-order valence-corrected chi connectivity index (χ1v) is 12.4. The van der Waals surface area contributed by atoms with Gasteiger partial charge in [-0.25, -0.2) is 4.79 Å². The first kappa shape index (κ1) is 30.8. The van der Waals surface area contributed by atoms with E-state index >= 15 is 0 Å². The van der Waals surface area contributed by atoms with Crippen LogP contribution < -0.4 is 10.6 Å². The van der Waals surface area contributed by atoms with Crippen molar-refractivity contribution in [3.8, 4) is 12.3 Å². The molecule has 198 valence electrons. The number of rotatable bonds is 11. The second-order valence-electron chi connectivity index (χ2n) is 9.20. The Balaban J connectivity index is 3.36. The smallest absolute Gasteiger partial charge is 0.408 e. The van der Waals surface area contributed by atoms with E-state index in [1.807, 2.05) is 0 Å². The van der Waals surface area contributed by atoms with Crippen molar-refractivity contribution in [2.24, 2.45) is 0 Å². The summed E-state index contributed by atoms with van der Waals surface area (Å²) >= 11 is 4.25. The Labute approximate surface area is 219 Å². The highest BCUT2D eigenvalue weighted by atomic mass is 32.1. The van der Waals surface area contributed by atoms with E-state index in [1.54, 1.807) is 65.8 Å². The lowest BCUT2D eigenvalue weighted by Gasteiger charge is -2.37. The van der Waals surface area contributed by atoms with Crippen LogP contribution in [-0.4, -0.2) is 65.4 Å². The molecule has 10 heteroatoms. The van der Waals surface area contributed by atoms with Gasteiger partial charge in [-0.3, -0.25) is 14.4 Å². The van der Waals surface area contributed by atoms with E-state index in [1.165, 1.54) is 4.90 Å². The molecule has 0 aromatic heterocycles. The van der Waals surface area contributed by atoms with Crippen molar-refractivity contribution in [3.63, 3.8) is 0 Å². The monoisotopic (exact) mass is 519 g/mol. The van der Waals surface area contributed by atoms with Crippen LogP contribution in [-0.2, 0) is 23.9 Å². The van der Waals surface area contributed by atoms with E-state index in [9.17, 15) is 19.2 Å². The summed E-state index contributed by atoms with van der Waals surface area (Å²) < 4.78 is 10.2. The number of carbonyl (C=O) groups is 4. The van der Waals surface area contributed by atoms with Gasteiger partial charge in [-0.2, -0.15) is 12.6 Å². The fourth-order valence-corrected chi connectivity index (χ4v) is 3.64. The SMILES string of the molecule is C#Cc1ccccc1C(C(=O)NCCC(=O)OCC)N(C(=O)C(CS)NC(=O)OC(C)(C)C)C(C)C. The van der Waals surface area contributed by atoms with Crippen LogP contribution in [0.2, 0.25) is 0 Å². The molecular weight excluding hydrogens is 482 g/mol. The fourth-order valence-electron chi connectivity index (χ4n) is 3.40. The maximum atomic E-state index is 13.7. The highest BCUT2D eigenvalue weighted by Crippen LogP contribution is 2.27. The first-order valence-electron chi connectivity index (χ1n) is 11.8. The summed E-state index contributed by atoms with van der Waals surface area (Å²) in [5.41, 5.74) is 0.105. The molecule has 0 saturated carbocycles. The third-order valence-electron chi connectivity index (χ3n) is 4.85. The predicted octanol–water partition coefficient (Wildman–Crippen LogP) is 2.84. The van der Waals surface area contributed by atoms with Gasteiger partial charge in [0, 0.05) is 23.9 Å². The summed E-state index contributed by atoms with van der Waals surface area (Å²) in [6.07, 6.45) is 4.88. The highest BCUT2D eigenvalue weighted by Gasteiger charge is 2.38. The Kier molecular flexibility index (Phi) is 12.3. The highest BCUT2D eigenvalue weighted by molar-refractivity contribution is 7.80. The molecule has 9 nitrogen and oxygen atoms in total. The van der Waals surface area contributed by atoms with Crippen LogP contribution in [0.25, 0.3) is 0 Å². The number of amides is 3. The average Bonchev–Trinajstić information content (AvgIpc) is 2.79. The molecule has 0 fully saturated rings. The van der Waals surface area contributed by atoms with Crippen LogP contribution in [0.15, 0.2) is 24.3 Å². The summed E-state index contributed by atoms with van der Waals surface area (Å²) in [5, 5.41) is 5.25. The number of nitrogens with zero attached hydrogens (tertiary/aromatic N) is 1. The zero-order valence-electron chi connectivity index (χ0n) is 21.8. The van der Waals surface area contributed by atoms with E-state index in [4.69, 9.17) is 15.9 Å². The third kappa shape index (κ3) is 9.46. The second-order valence-corrected chi connectivity index (χ2v) is 9.57. The first-order chi connectivity index (χ1) is 16.9. The lowest BCUT2D eigenvalue weighted by molar-refractivity contribution is -0.145. The fraction of sp³-hybridized carbons (Fsp3) is 0.538. The van der Waals surface area contributed by atoms with Gasteiger partial charge in [-0.15, -0.1) is 6.42 Å². The number of nitrogens with one attached hydrogen (secondary N) is 2. The topological polar surface area (TPSA) is 114 Å². The zero-order chi connectivity index (χ0) is 27.5. The molecule has 0 bridgehead atoms. The van der Waals surface area contributed by atoms with Crippen molar-refractivity contribution in [2.45, 2.75) is 71.7 Å². The predicted molar refractivity (Wildman–Crippen MR) is 140 cm³/mol. The number of terminal acetylenes is 1. The quantitative estimate of drug-likeness (QED) is 0.235. The van der Waals surface area contributed by atoms with Crippen LogP contribution in [0.5, 0.6) is 0 Å². The van der Waals surface area contributed by atoms with Gasteiger partial charge in [0.25, 0.3) is 0 Å². The maximum Gasteiger partial charge on any atom is 0.408 e. The summed E-state index contributed by atoms with van der Waals surface area (Å²) in [4.78, 5) is 52.6. The van der Waals surface area contributed by atoms with Gasteiger partial charge in [0.2, 0.25) is 11.8 Å². The molecule has 0 aliphatic heterocycles. The van der Waals surface area contributed by atoms with Crippen LogP contribution in [0.1, 0.15) is 65.1 Å². The summed E-state index contributed by atoms with van der Waals surface area (Å²) in [5.74, 6) is 1.01. The number of carbonyl (C=O) groups excluding carboxylic acids is 4. The Morgan fingerprint density at radius 1 is 1.17 bits per heavy atom. The molecule has 0 aliphatic carbocycles. The van der Waals surface area contributed by atoms with Gasteiger partial charge >= 0.3 is 12.1 Å². The van der Waals surface area contributed by atoms with Gasteiger partial charge in [-0.1, -0.05) is 24.1 Å². The number of benzene rings is 1. The lowest BCUT2D eigenvalue weighted by atomic mass is 9.96. The molecule has 2 N–H and O–H groups in total. The molecule has 1 rings (SSSR count). The number of esters is 1. The van der Waals surface area contributed by atoms with Crippen LogP contribution in [0.3, 0.4) is 0 Å². The number of hydrogen-bond acceptors (Lipinski definition) is 7. The van der Waals surface area contributed by atoms with E-state index in [0.717, 1.165) is 0 Å². The molecular formula is C26H37N3O6S. The largest absolute Gasteiger partial charge is 0.466 e. The van der Waals surface area contributed by atoms with E-state index < -0.39 is 47.6 Å². The molecule has 2 atom stereocenters. The minimum absolute atomic E-state index is 0.0126. The van der Waals surface area contributed by atoms with Gasteiger partial charge < -0.3 is 25.0 Å². The summed E-state index contributed by atoms with van der Waals surface area (Å²) in [7, 11) is 0. The summed E-state index contributed by atoms with van der Waals surface area (Å²) in [6.45, 7) is 10.6. The van der Waals surface area contributed by atoms with Crippen molar-refractivity contribution >= 4 is 36.5 Å². The average molecular weight is 520 g/mol. The summed E-state index contributed by atoms with van der Waals surface area (Å²) in [6, 6.07) is 4.13. The van der Waals surface area contributed by atoms with Crippen molar-refractivity contribution in [3.05, 3.63) is 35.4 Å². The number of hydrogen-bond donors (Lipinski definition) is 3. The van der Waals surface area contributed by atoms with Gasteiger partial charge in [0.1, 0.15) is 17.7 Å². The van der Waals surface area contributed by atoms with Gasteiger partial charge in [0.15, 0.2) is 0 Å². The lowest BCUT2D eigenvalue weighted by Crippen LogP contribution is -2.56. The molecule has 0 spiro atoms. The van der Waals surface area contributed by atoms with Crippen molar-refractivity contribution in [1.29, 1.82) is 0 Å².